The molecule has 5 rings (SSSR count). The summed E-state index contributed by atoms with van der Waals surface area (Å²) in [5.41, 5.74) is 11.0. The number of benzene rings is 4. The van der Waals surface area contributed by atoms with Gasteiger partial charge in [-0.15, -0.1) is 0 Å². The van der Waals surface area contributed by atoms with Gasteiger partial charge in [-0.05, 0) is 82.9 Å². The van der Waals surface area contributed by atoms with Gasteiger partial charge >= 0.3 is 59.1 Å². The van der Waals surface area contributed by atoms with Gasteiger partial charge in [0, 0.05) is 11.3 Å². The number of anilines is 2. The number of carboxylic acids is 1. The minimum Gasteiger partial charge on any atom is -0.872 e. The number of rotatable bonds is 7. The Balaban J connectivity index is 0.00000264. The topological polar surface area (TPSA) is 210 Å². The molecule has 0 aliphatic heterocycles. The van der Waals surface area contributed by atoms with Crippen LogP contribution in [0.1, 0.15) is 26.3 Å². The molecule has 210 valence electrons. The third kappa shape index (κ3) is 7.88. The van der Waals surface area contributed by atoms with Crippen molar-refractivity contribution in [3.8, 4) is 16.9 Å². The van der Waals surface area contributed by atoms with Gasteiger partial charge in [0.05, 0.1) is 23.0 Å². The Kier molecular flexibility index (Phi) is 11.4. The molecule has 15 heteroatoms. The van der Waals surface area contributed by atoms with E-state index < -0.39 is 43.8 Å². The van der Waals surface area contributed by atoms with Gasteiger partial charge in [0.1, 0.15) is 4.91 Å². The summed E-state index contributed by atoms with van der Waals surface area (Å²) in [4.78, 5) is 23.3. The second kappa shape index (κ2) is 14.4. The number of hydrogen-bond donors (Lipinski definition) is 3. The second-order valence-electron chi connectivity index (χ2n) is 9.02. The van der Waals surface area contributed by atoms with E-state index in [1.54, 1.807) is 48.5 Å². The molecule has 0 bridgehead atoms. The first-order valence-corrected chi connectivity index (χ1v) is 13.6. The third-order valence-electron chi connectivity index (χ3n) is 6.18. The van der Waals surface area contributed by atoms with E-state index in [9.17, 15) is 32.8 Å². The molecule has 0 atom stereocenters. The predicted octanol–water partition coefficient (Wildman–Crippen LogP) is -2.31. The first kappa shape index (κ1) is 34.8. The fraction of sp³-hybridized carbons (Fsp3) is 0. The fourth-order valence-electron chi connectivity index (χ4n) is 4.09. The molecule has 0 saturated carbocycles. The maximum absolute atomic E-state index is 13.0. The Morgan fingerprint density at radius 1 is 0.841 bits per heavy atom. The number of carboxylic acid groups (broad SMARTS) is 1. The van der Waals surface area contributed by atoms with Crippen molar-refractivity contribution >= 4 is 56.4 Å². The van der Waals surface area contributed by atoms with Crippen LogP contribution in [0.5, 0.6) is 5.75 Å². The molecule has 1 aliphatic carbocycles. The molecular weight excluding hydrogens is 608 g/mol. The van der Waals surface area contributed by atoms with E-state index in [0.29, 0.717) is 17.1 Å². The predicted molar refractivity (Wildman–Crippen MR) is 152 cm³/mol. The molecule has 0 saturated heterocycles. The molecule has 12 nitrogen and oxygen atoms in total. The van der Waals surface area contributed by atoms with E-state index in [-0.39, 0.29) is 75.9 Å². The minimum absolute atomic E-state index is 0. The number of aromatic carboxylic acids is 1. The maximum Gasteiger partial charge on any atom is 1.00 e. The third-order valence-corrected chi connectivity index (χ3v) is 7.05. The van der Waals surface area contributed by atoms with Crippen molar-refractivity contribution in [2.45, 2.75) is 0 Å². The Bertz CT molecular complexity index is 1940. The van der Waals surface area contributed by atoms with Crippen molar-refractivity contribution in [2.24, 2.45) is 15.3 Å². The van der Waals surface area contributed by atoms with Crippen LogP contribution in [0.25, 0.3) is 17.2 Å². The zero-order valence-electron chi connectivity index (χ0n) is 23.4. The zero-order chi connectivity index (χ0) is 30.0. The molecule has 4 aromatic carbocycles. The summed E-state index contributed by atoms with van der Waals surface area (Å²) < 4.78 is 33.7. The molecule has 0 radical (unpaired) electrons. The number of nitrogens with zero attached hydrogens (tertiary/aromatic N) is 3. The van der Waals surface area contributed by atoms with Crippen LogP contribution in [0.2, 0.25) is 0 Å². The van der Waals surface area contributed by atoms with E-state index in [2.05, 4.69) is 20.8 Å². The van der Waals surface area contributed by atoms with Crippen molar-refractivity contribution in [3.05, 3.63) is 107 Å². The van der Waals surface area contributed by atoms with E-state index in [1.807, 2.05) is 0 Å². The van der Waals surface area contributed by atoms with E-state index >= 15 is 0 Å². The average Bonchev–Trinajstić information content (AvgIpc) is 2.96. The van der Waals surface area contributed by atoms with Crippen LogP contribution in [0, 0.1) is 0 Å². The number of nitrogens with one attached hydrogen (secondary N) is 1. The van der Waals surface area contributed by atoms with Crippen LogP contribution in [0.3, 0.4) is 0 Å². The Morgan fingerprint density at radius 2 is 1.43 bits per heavy atom. The molecule has 0 heterocycles. The number of nitrogens with two attached hydrogens (primary N) is 1. The molecule has 0 amide bonds. The molecule has 4 N–H and O–H groups in total. The van der Waals surface area contributed by atoms with Gasteiger partial charge < -0.3 is 20.7 Å². The second-order valence-corrected chi connectivity index (χ2v) is 10.4. The fourth-order valence-corrected chi connectivity index (χ4v) is 4.75. The van der Waals surface area contributed by atoms with Crippen molar-refractivity contribution in [1.29, 1.82) is 0 Å². The van der Waals surface area contributed by atoms with E-state index in [4.69, 9.17) is 5.73 Å². The van der Waals surface area contributed by atoms with Crippen LogP contribution >= 0.6 is 0 Å². The van der Waals surface area contributed by atoms with Crippen LogP contribution < -0.4 is 80.5 Å². The van der Waals surface area contributed by atoms with Crippen LogP contribution in [0.15, 0.2) is 105 Å². The molecule has 0 aromatic heterocycles. The van der Waals surface area contributed by atoms with Crippen molar-refractivity contribution in [3.63, 3.8) is 0 Å². The molecule has 0 spiro atoms. The summed E-state index contributed by atoms with van der Waals surface area (Å²) >= 11 is 0. The van der Waals surface area contributed by atoms with Gasteiger partial charge in [0.25, 0.3) is 10.1 Å². The standard InChI is InChI=1S/C29H21N5O7S.2Na/c30-19-5-11-23-18(13-19)14-26(42(39,40)41)27(28(23)36)34-32-21-8-3-17(4-9-21)16-1-6-20(7-2-16)31-33-22-10-12-25(35)24(15-22)29(37)38;;/h1-15,32,35H,30H2,(H,37,38)(H,39,40,41);;/q;2*+1/p-2. The monoisotopic (exact) mass is 627 g/mol. The van der Waals surface area contributed by atoms with Crippen LogP contribution in [0.4, 0.5) is 22.7 Å². The van der Waals surface area contributed by atoms with E-state index in [1.165, 1.54) is 24.3 Å². The van der Waals surface area contributed by atoms with Gasteiger partial charge in [-0.25, -0.2) is 0 Å². The first-order chi connectivity index (χ1) is 20.0. The Hall–Kier alpha value is -3.66. The quantitative estimate of drug-likeness (QED) is 0.0660. The van der Waals surface area contributed by atoms with Crippen molar-refractivity contribution in [2.75, 3.05) is 11.2 Å². The Morgan fingerprint density at radius 3 is 2.05 bits per heavy atom. The minimum atomic E-state index is -4.77. The smallest absolute Gasteiger partial charge is 0.872 e. The number of Topliss-reactive ketones (excluding diaryl/α,β-unsaturated/α-hetero) is 1. The number of nitrogen functional groups attached to an aromatic ring is 1. The van der Waals surface area contributed by atoms with Gasteiger partial charge in [-0.1, -0.05) is 36.1 Å². The number of azo groups is 1. The first-order valence-electron chi connectivity index (χ1n) is 12.1. The van der Waals surface area contributed by atoms with Crippen molar-refractivity contribution < 1.29 is 91.9 Å². The van der Waals surface area contributed by atoms with Gasteiger partial charge in [-0.2, -0.15) is 23.7 Å². The number of fused-ring (bicyclic) bond motifs is 1. The SMILES string of the molecule is Nc1ccc2c(c1)C=C(S(=O)(=O)O)C(=NNc1ccc(-c3ccc(N=Nc4ccc([O-])c(C(=O)[O-])c4)cc3)cc1)C2=O.[Na+].[Na+]. The zero-order valence-corrected chi connectivity index (χ0v) is 28.2. The molecule has 0 fully saturated rings. The number of ketones is 1. The largest absolute Gasteiger partial charge is 1.00 e. The molecule has 1 aliphatic rings. The number of hydrogen-bond acceptors (Lipinski definition) is 11. The summed E-state index contributed by atoms with van der Waals surface area (Å²) in [7, 11) is -4.77. The van der Waals surface area contributed by atoms with Gasteiger partial charge in [0.15, 0.2) is 5.71 Å². The number of allylic oxidation sites excluding steroid dienone is 1. The van der Waals surface area contributed by atoms with Gasteiger partial charge in [0.2, 0.25) is 5.78 Å². The maximum atomic E-state index is 13.0. The van der Waals surface area contributed by atoms with Crippen LogP contribution in [-0.4, -0.2) is 30.4 Å². The molecular formula is C29H19N5Na2O7S. The number of carbonyl (C=O) groups is 2. The van der Waals surface area contributed by atoms with Crippen molar-refractivity contribution in [1.82, 2.24) is 0 Å². The molecule has 0 unspecified atom stereocenters. The average molecular weight is 628 g/mol. The summed E-state index contributed by atoms with van der Waals surface area (Å²) in [5, 5.41) is 34.6. The number of carbonyl (C=O) groups excluding carboxylic acids is 2. The Labute approximate surface area is 295 Å². The van der Waals surface area contributed by atoms with Crippen LogP contribution in [-0.2, 0) is 10.1 Å². The van der Waals surface area contributed by atoms with Gasteiger partial charge in [-0.3, -0.25) is 14.8 Å². The molecule has 44 heavy (non-hydrogen) atoms. The van der Waals surface area contributed by atoms with E-state index in [0.717, 1.165) is 29.3 Å². The summed E-state index contributed by atoms with van der Waals surface area (Å²) in [6, 6.07) is 21.8. The summed E-state index contributed by atoms with van der Waals surface area (Å²) in [6.07, 6.45) is 1.14. The summed E-state index contributed by atoms with van der Waals surface area (Å²) in [6.45, 7) is 0. The normalized spacial score (nSPS) is 13.4. The summed E-state index contributed by atoms with van der Waals surface area (Å²) in [5.74, 6) is -2.96. The number of hydrazone groups is 1. The molecule has 4 aromatic rings.